The van der Waals surface area contributed by atoms with E-state index in [1.54, 1.807) is 0 Å². The highest BCUT2D eigenvalue weighted by Crippen LogP contribution is 2.14. The minimum atomic E-state index is -4.11. The van der Waals surface area contributed by atoms with Crippen LogP contribution in [0.5, 0.6) is 0 Å². The van der Waals surface area contributed by atoms with Gasteiger partial charge in [0.05, 0.1) is 6.54 Å². The molecule has 0 aromatic heterocycles. The second-order valence-corrected chi connectivity index (χ2v) is 4.81. The van der Waals surface area contributed by atoms with Gasteiger partial charge in [0.15, 0.2) is 0 Å². The molecule has 1 N–H and O–H groups in total. The molecule has 1 fully saturated rings. The number of nitrogens with one attached hydrogen (secondary N) is 1. The summed E-state index contributed by atoms with van der Waals surface area (Å²) < 4.78 is 35.7. The molecular weight excluding hydrogens is 231 g/mol. The van der Waals surface area contributed by atoms with Crippen LogP contribution in [0.1, 0.15) is 12.8 Å². The van der Waals surface area contributed by atoms with Gasteiger partial charge < -0.3 is 15.1 Å². The average Bonchev–Trinajstić information content (AvgIpc) is 2.24. The van der Waals surface area contributed by atoms with Crippen molar-refractivity contribution in [3.63, 3.8) is 0 Å². The van der Waals surface area contributed by atoms with E-state index in [1.807, 2.05) is 7.05 Å². The Bertz CT molecular complexity index is 212. The van der Waals surface area contributed by atoms with Crippen molar-refractivity contribution < 1.29 is 13.2 Å². The maximum absolute atomic E-state index is 11.9. The SMILES string of the molecule is CN1CCC(N(C)CCNCC(F)(F)F)CC1. The standard InChI is InChI=1S/C11H22F3N3/c1-16-6-3-10(4-7-16)17(2)8-5-15-9-11(12,13)14/h10,15H,3-9H2,1-2H3. The number of alkyl halides is 3. The lowest BCUT2D eigenvalue weighted by molar-refractivity contribution is -0.124. The molecule has 6 heteroatoms. The largest absolute Gasteiger partial charge is 0.401 e. The predicted octanol–water partition coefficient (Wildman–Crippen LogP) is 1.16. The van der Waals surface area contributed by atoms with Crippen molar-refractivity contribution in [2.75, 3.05) is 46.8 Å². The molecule has 0 aromatic carbocycles. The number of likely N-dealkylation sites (N-methyl/N-ethyl adjacent to an activating group) is 1. The van der Waals surface area contributed by atoms with Crippen LogP contribution in [0.25, 0.3) is 0 Å². The van der Waals surface area contributed by atoms with E-state index in [2.05, 4.69) is 22.2 Å². The van der Waals surface area contributed by atoms with E-state index in [4.69, 9.17) is 0 Å². The number of likely N-dealkylation sites (tertiary alicyclic amines) is 1. The highest BCUT2D eigenvalue weighted by Gasteiger charge is 2.26. The zero-order chi connectivity index (χ0) is 12.9. The summed E-state index contributed by atoms with van der Waals surface area (Å²) in [5.74, 6) is 0. The van der Waals surface area contributed by atoms with Crippen LogP contribution in [-0.4, -0.2) is 68.8 Å². The predicted molar refractivity (Wildman–Crippen MR) is 62.1 cm³/mol. The smallest absolute Gasteiger partial charge is 0.307 e. The number of hydrogen-bond acceptors (Lipinski definition) is 3. The topological polar surface area (TPSA) is 18.5 Å². The number of rotatable bonds is 5. The van der Waals surface area contributed by atoms with Gasteiger partial charge in [-0.05, 0) is 40.0 Å². The van der Waals surface area contributed by atoms with Crippen LogP contribution in [-0.2, 0) is 0 Å². The normalized spacial score (nSPS) is 20.1. The average molecular weight is 253 g/mol. The number of nitrogens with zero attached hydrogens (tertiary/aromatic N) is 2. The first-order valence-corrected chi connectivity index (χ1v) is 6.05. The maximum atomic E-state index is 11.9. The molecule has 1 rings (SSSR count). The van der Waals surface area contributed by atoms with Gasteiger partial charge in [0.2, 0.25) is 0 Å². The summed E-state index contributed by atoms with van der Waals surface area (Å²) in [4.78, 5) is 4.45. The number of piperidine rings is 1. The summed E-state index contributed by atoms with van der Waals surface area (Å²) >= 11 is 0. The van der Waals surface area contributed by atoms with Crippen molar-refractivity contribution in [1.29, 1.82) is 0 Å². The molecule has 0 spiro atoms. The lowest BCUT2D eigenvalue weighted by atomic mass is 10.0. The number of halogens is 3. The molecule has 0 aromatic rings. The van der Waals surface area contributed by atoms with Gasteiger partial charge in [-0.2, -0.15) is 13.2 Å². The zero-order valence-corrected chi connectivity index (χ0v) is 10.6. The van der Waals surface area contributed by atoms with E-state index in [0.29, 0.717) is 19.1 Å². The lowest BCUT2D eigenvalue weighted by Gasteiger charge is -2.35. The second kappa shape index (κ2) is 6.56. The summed E-state index contributed by atoms with van der Waals surface area (Å²) in [7, 11) is 4.09. The number of hydrogen-bond donors (Lipinski definition) is 1. The fraction of sp³-hybridized carbons (Fsp3) is 1.00. The Hall–Kier alpha value is -0.330. The van der Waals surface area contributed by atoms with E-state index in [9.17, 15) is 13.2 Å². The van der Waals surface area contributed by atoms with Gasteiger partial charge in [-0.15, -0.1) is 0 Å². The van der Waals surface area contributed by atoms with Crippen LogP contribution in [0, 0.1) is 0 Å². The first-order chi connectivity index (χ1) is 7.88. The molecule has 0 aliphatic carbocycles. The van der Waals surface area contributed by atoms with Crippen molar-refractivity contribution in [2.24, 2.45) is 0 Å². The van der Waals surface area contributed by atoms with Gasteiger partial charge in [-0.1, -0.05) is 0 Å². The van der Waals surface area contributed by atoms with Gasteiger partial charge in [0.25, 0.3) is 0 Å². The summed E-state index contributed by atoms with van der Waals surface area (Å²) in [6.07, 6.45) is -1.90. The maximum Gasteiger partial charge on any atom is 0.401 e. The summed E-state index contributed by atoms with van der Waals surface area (Å²) in [6.45, 7) is 2.32. The van der Waals surface area contributed by atoms with Gasteiger partial charge in [0.1, 0.15) is 0 Å². The third-order valence-electron chi connectivity index (χ3n) is 3.28. The van der Waals surface area contributed by atoms with E-state index >= 15 is 0 Å². The van der Waals surface area contributed by atoms with Gasteiger partial charge in [-0.3, -0.25) is 0 Å². The minimum Gasteiger partial charge on any atom is -0.307 e. The molecule has 1 aliphatic heterocycles. The van der Waals surface area contributed by atoms with E-state index < -0.39 is 12.7 Å². The van der Waals surface area contributed by atoms with Gasteiger partial charge in [-0.25, -0.2) is 0 Å². The quantitative estimate of drug-likeness (QED) is 0.742. The van der Waals surface area contributed by atoms with E-state index in [1.165, 1.54) is 0 Å². The fourth-order valence-corrected chi connectivity index (χ4v) is 2.10. The Balaban J connectivity index is 2.10. The Labute approximate surface area is 101 Å². The van der Waals surface area contributed by atoms with Crippen LogP contribution in [0.3, 0.4) is 0 Å². The molecule has 0 amide bonds. The molecule has 0 unspecified atom stereocenters. The van der Waals surface area contributed by atoms with Crippen molar-refractivity contribution in [2.45, 2.75) is 25.1 Å². The molecule has 0 saturated carbocycles. The molecule has 1 aliphatic rings. The Morgan fingerprint density at radius 2 is 1.88 bits per heavy atom. The summed E-state index contributed by atoms with van der Waals surface area (Å²) in [6, 6.07) is 0.513. The summed E-state index contributed by atoms with van der Waals surface area (Å²) in [5.41, 5.74) is 0. The Morgan fingerprint density at radius 1 is 1.29 bits per heavy atom. The van der Waals surface area contributed by atoms with Crippen molar-refractivity contribution in [3.05, 3.63) is 0 Å². The van der Waals surface area contributed by atoms with Crippen molar-refractivity contribution >= 4 is 0 Å². The molecule has 1 saturated heterocycles. The fourth-order valence-electron chi connectivity index (χ4n) is 2.10. The van der Waals surface area contributed by atoms with Crippen LogP contribution in [0.4, 0.5) is 13.2 Å². The van der Waals surface area contributed by atoms with Crippen molar-refractivity contribution in [3.8, 4) is 0 Å². The molecule has 17 heavy (non-hydrogen) atoms. The monoisotopic (exact) mass is 253 g/mol. The first-order valence-electron chi connectivity index (χ1n) is 6.05. The van der Waals surface area contributed by atoms with E-state index in [-0.39, 0.29) is 0 Å². The van der Waals surface area contributed by atoms with Crippen LogP contribution >= 0.6 is 0 Å². The van der Waals surface area contributed by atoms with Crippen molar-refractivity contribution in [1.82, 2.24) is 15.1 Å². The molecule has 3 nitrogen and oxygen atoms in total. The van der Waals surface area contributed by atoms with E-state index in [0.717, 1.165) is 25.9 Å². The van der Waals surface area contributed by atoms with Crippen LogP contribution in [0.15, 0.2) is 0 Å². The van der Waals surface area contributed by atoms with Crippen LogP contribution < -0.4 is 5.32 Å². The molecule has 0 atom stereocenters. The lowest BCUT2D eigenvalue weighted by Crippen LogP contribution is -2.44. The van der Waals surface area contributed by atoms with Crippen LogP contribution in [0.2, 0.25) is 0 Å². The highest BCUT2D eigenvalue weighted by atomic mass is 19.4. The third kappa shape index (κ3) is 6.24. The van der Waals surface area contributed by atoms with Gasteiger partial charge >= 0.3 is 6.18 Å². The molecule has 0 radical (unpaired) electrons. The first kappa shape index (κ1) is 14.7. The highest BCUT2D eigenvalue weighted by molar-refractivity contribution is 4.77. The minimum absolute atomic E-state index is 0.391. The molecule has 1 heterocycles. The molecule has 0 bridgehead atoms. The molecule has 102 valence electrons. The van der Waals surface area contributed by atoms with Gasteiger partial charge in [0, 0.05) is 19.1 Å². The third-order valence-corrected chi connectivity index (χ3v) is 3.28. The summed E-state index contributed by atoms with van der Waals surface area (Å²) in [5, 5.41) is 2.43. The second-order valence-electron chi connectivity index (χ2n) is 4.81. The zero-order valence-electron chi connectivity index (χ0n) is 10.6. The Kier molecular flexibility index (Phi) is 5.69. The molecular formula is C11H22F3N3. The Morgan fingerprint density at radius 3 is 2.41 bits per heavy atom.